The highest BCUT2D eigenvalue weighted by atomic mass is 35.5. The van der Waals surface area contributed by atoms with Crippen molar-refractivity contribution in [2.45, 2.75) is 13.0 Å². The third-order valence-corrected chi connectivity index (χ3v) is 5.49. The first kappa shape index (κ1) is 19.5. The number of carbonyl (C=O) groups is 1. The van der Waals surface area contributed by atoms with E-state index in [1.54, 1.807) is 24.1 Å². The van der Waals surface area contributed by atoms with Gasteiger partial charge in [-0.2, -0.15) is 5.10 Å². The van der Waals surface area contributed by atoms with E-state index in [0.717, 1.165) is 17.7 Å². The Balaban J connectivity index is 1.92. The van der Waals surface area contributed by atoms with Gasteiger partial charge >= 0.3 is 0 Å². The van der Waals surface area contributed by atoms with Crippen LogP contribution in [0.2, 0.25) is 5.02 Å². The molecule has 0 saturated heterocycles. The molecule has 0 aliphatic carbocycles. The van der Waals surface area contributed by atoms with Gasteiger partial charge in [-0.25, -0.2) is 14.6 Å². The van der Waals surface area contributed by atoms with Gasteiger partial charge in [-0.1, -0.05) is 22.9 Å². The minimum absolute atomic E-state index is 0.1000. The second-order valence-corrected chi connectivity index (χ2v) is 7.60. The molecule has 3 rings (SSSR count). The maximum Gasteiger partial charge on any atom is 0.250 e. The van der Waals surface area contributed by atoms with Crippen molar-refractivity contribution < 1.29 is 9.53 Å². The van der Waals surface area contributed by atoms with Gasteiger partial charge in [-0.05, 0) is 39.2 Å². The van der Waals surface area contributed by atoms with E-state index in [2.05, 4.69) is 20.0 Å². The van der Waals surface area contributed by atoms with Crippen LogP contribution in [0.1, 0.15) is 6.42 Å². The maximum absolute atomic E-state index is 12.9. The Kier molecular flexibility index (Phi) is 6.25. The summed E-state index contributed by atoms with van der Waals surface area (Å²) in [7, 11) is 5.60. The van der Waals surface area contributed by atoms with Gasteiger partial charge in [0.25, 0.3) is 5.91 Å². The molecule has 1 aromatic carbocycles. The molecule has 0 saturated carbocycles. The summed E-state index contributed by atoms with van der Waals surface area (Å²) in [6.45, 7) is 1.51. The second-order valence-electron chi connectivity index (χ2n) is 6.22. The smallest absolute Gasteiger partial charge is 0.250 e. The van der Waals surface area contributed by atoms with Crippen LogP contribution in [0.25, 0.3) is 10.2 Å². The molecule has 1 amide bonds. The van der Waals surface area contributed by atoms with E-state index in [9.17, 15) is 4.79 Å². The molecule has 0 radical (unpaired) electrons. The molecule has 144 valence electrons. The molecule has 2 heterocycles. The minimum atomic E-state index is -0.103. The van der Waals surface area contributed by atoms with E-state index in [4.69, 9.17) is 16.3 Å². The number of hydrogen-bond donors (Lipinski definition) is 0. The maximum atomic E-state index is 12.9. The first-order valence-corrected chi connectivity index (χ1v) is 9.59. The topological polar surface area (TPSA) is 76.4 Å². The van der Waals surface area contributed by atoms with Crippen molar-refractivity contribution in [3.05, 3.63) is 29.8 Å². The number of amides is 1. The highest BCUT2D eigenvalue weighted by Gasteiger charge is 2.22. The highest BCUT2D eigenvalue weighted by molar-refractivity contribution is 7.23. The molecule has 0 aliphatic rings. The van der Waals surface area contributed by atoms with Gasteiger partial charge in [0, 0.05) is 6.54 Å². The van der Waals surface area contributed by atoms with Gasteiger partial charge in [0.2, 0.25) is 0 Å². The van der Waals surface area contributed by atoms with Gasteiger partial charge < -0.3 is 9.64 Å². The van der Waals surface area contributed by atoms with E-state index in [0.29, 0.717) is 28.0 Å². The predicted octanol–water partition coefficient (Wildman–Crippen LogP) is 2.53. The summed E-state index contributed by atoms with van der Waals surface area (Å²) in [5.74, 6) is 0.530. The van der Waals surface area contributed by atoms with E-state index in [1.807, 2.05) is 14.1 Å². The number of rotatable bonds is 8. The number of anilines is 1. The molecule has 0 atom stereocenters. The monoisotopic (exact) mass is 408 g/mol. The fourth-order valence-corrected chi connectivity index (χ4v) is 3.93. The summed E-state index contributed by atoms with van der Waals surface area (Å²) in [5, 5.41) is 5.20. The number of methoxy groups -OCH3 is 1. The summed E-state index contributed by atoms with van der Waals surface area (Å²) in [6, 6.07) is 3.56. The summed E-state index contributed by atoms with van der Waals surface area (Å²) in [4.78, 5) is 25.2. The first-order chi connectivity index (χ1) is 13.0. The van der Waals surface area contributed by atoms with E-state index >= 15 is 0 Å². The Hall–Kier alpha value is -2.23. The van der Waals surface area contributed by atoms with Crippen LogP contribution >= 0.6 is 22.9 Å². The molecular formula is C17H21ClN6O2S. The van der Waals surface area contributed by atoms with Gasteiger partial charge in [0.05, 0.1) is 16.8 Å². The molecule has 0 unspecified atom stereocenters. The van der Waals surface area contributed by atoms with Crippen molar-refractivity contribution in [1.29, 1.82) is 0 Å². The molecule has 0 fully saturated rings. The Morgan fingerprint density at radius 3 is 2.81 bits per heavy atom. The highest BCUT2D eigenvalue weighted by Crippen LogP contribution is 2.38. The number of ether oxygens (including phenoxy) is 1. The van der Waals surface area contributed by atoms with Crippen LogP contribution in [0.5, 0.6) is 5.75 Å². The number of thiazole rings is 1. The summed E-state index contributed by atoms with van der Waals surface area (Å²) < 4.78 is 7.69. The lowest BCUT2D eigenvalue weighted by Crippen LogP contribution is -2.36. The number of benzene rings is 1. The van der Waals surface area contributed by atoms with Gasteiger partial charge in [-0.15, -0.1) is 0 Å². The normalized spacial score (nSPS) is 11.3. The standard InChI is InChI=1S/C17H21ClN6O2S/c1-22(2)7-4-8-24(14(25)9-23-11-19-10-20-23)17-21-15-13(26-3)6-5-12(18)16(15)27-17/h5-6,10-11H,4,7-9H2,1-3H3. The molecule has 2 aromatic heterocycles. The average Bonchev–Trinajstić information content (AvgIpc) is 3.29. The van der Waals surface area contributed by atoms with Gasteiger partial charge in [0.15, 0.2) is 5.13 Å². The van der Waals surface area contributed by atoms with Gasteiger partial charge in [-0.3, -0.25) is 9.69 Å². The van der Waals surface area contributed by atoms with E-state index in [-0.39, 0.29) is 12.5 Å². The minimum Gasteiger partial charge on any atom is -0.494 e. The van der Waals surface area contributed by atoms with Crippen LogP contribution < -0.4 is 9.64 Å². The summed E-state index contributed by atoms with van der Waals surface area (Å²) in [5.41, 5.74) is 0.663. The Morgan fingerprint density at radius 2 is 2.15 bits per heavy atom. The molecule has 10 heteroatoms. The van der Waals surface area contributed by atoms with Crippen molar-refractivity contribution >= 4 is 44.2 Å². The molecular weight excluding hydrogens is 388 g/mol. The Labute approximate surface area is 166 Å². The average molecular weight is 409 g/mol. The van der Waals surface area contributed by atoms with Crippen molar-refractivity contribution in [2.24, 2.45) is 0 Å². The van der Waals surface area contributed by atoms with Crippen molar-refractivity contribution in [1.82, 2.24) is 24.6 Å². The molecule has 0 spiro atoms. The van der Waals surface area contributed by atoms with Crippen LogP contribution in [0.4, 0.5) is 5.13 Å². The fraction of sp³-hybridized carbons (Fsp3) is 0.412. The third-order valence-electron chi connectivity index (χ3n) is 3.95. The SMILES string of the molecule is COc1ccc(Cl)c2sc(N(CCCN(C)C)C(=O)Cn3cncn3)nc12. The molecule has 0 N–H and O–H groups in total. The van der Waals surface area contributed by atoms with Crippen molar-refractivity contribution in [3.8, 4) is 5.75 Å². The summed E-state index contributed by atoms with van der Waals surface area (Å²) in [6.07, 6.45) is 3.75. The van der Waals surface area contributed by atoms with Crippen LogP contribution in [-0.2, 0) is 11.3 Å². The van der Waals surface area contributed by atoms with Crippen LogP contribution in [0.15, 0.2) is 24.8 Å². The Morgan fingerprint density at radius 1 is 1.33 bits per heavy atom. The number of aromatic nitrogens is 4. The zero-order valence-electron chi connectivity index (χ0n) is 15.4. The predicted molar refractivity (Wildman–Crippen MR) is 107 cm³/mol. The third kappa shape index (κ3) is 4.55. The molecule has 27 heavy (non-hydrogen) atoms. The zero-order chi connectivity index (χ0) is 19.4. The molecule has 3 aromatic rings. The lowest BCUT2D eigenvalue weighted by atomic mass is 10.3. The van der Waals surface area contributed by atoms with Crippen LogP contribution in [0, 0.1) is 0 Å². The van der Waals surface area contributed by atoms with Crippen molar-refractivity contribution in [3.63, 3.8) is 0 Å². The van der Waals surface area contributed by atoms with E-state index < -0.39 is 0 Å². The zero-order valence-corrected chi connectivity index (χ0v) is 17.0. The number of hydrogen-bond acceptors (Lipinski definition) is 7. The number of nitrogens with zero attached hydrogens (tertiary/aromatic N) is 6. The second kappa shape index (κ2) is 8.64. The first-order valence-electron chi connectivity index (χ1n) is 8.40. The quantitative estimate of drug-likeness (QED) is 0.570. The van der Waals surface area contributed by atoms with Crippen molar-refractivity contribution in [2.75, 3.05) is 39.2 Å². The number of halogens is 1. The lowest BCUT2D eigenvalue weighted by molar-refractivity contribution is -0.119. The Bertz CT molecular complexity index is 912. The van der Waals surface area contributed by atoms with Gasteiger partial charge in [0.1, 0.15) is 30.5 Å². The molecule has 0 bridgehead atoms. The van der Waals surface area contributed by atoms with Crippen LogP contribution in [0.3, 0.4) is 0 Å². The van der Waals surface area contributed by atoms with Crippen LogP contribution in [-0.4, -0.2) is 64.9 Å². The molecule has 0 aliphatic heterocycles. The van der Waals surface area contributed by atoms with E-state index in [1.165, 1.54) is 28.7 Å². The summed E-state index contributed by atoms with van der Waals surface area (Å²) >= 11 is 7.71. The number of carbonyl (C=O) groups excluding carboxylic acids is 1. The lowest BCUT2D eigenvalue weighted by Gasteiger charge is -2.20. The molecule has 8 nitrogen and oxygen atoms in total. The largest absolute Gasteiger partial charge is 0.494 e. The fourth-order valence-electron chi connectivity index (χ4n) is 2.63. The number of fused-ring (bicyclic) bond motifs is 1.